The van der Waals surface area contributed by atoms with Crippen molar-refractivity contribution in [1.82, 2.24) is 0 Å². The van der Waals surface area contributed by atoms with Gasteiger partial charge in [-0.2, -0.15) is 0 Å². The maximum atomic E-state index is 11.5. The van der Waals surface area contributed by atoms with Gasteiger partial charge in [0.1, 0.15) is 24.7 Å². The summed E-state index contributed by atoms with van der Waals surface area (Å²) in [6.07, 6.45) is 0. The Kier molecular flexibility index (Phi) is 4.52. The van der Waals surface area contributed by atoms with Gasteiger partial charge < -0.3 is 20.9 Å². The molecule has 3 rings (SSSR count). The molecule has 3 aromatic rings. The maximum absolute atomic E-state index is 11.5. The molecule has 5 heteroatoms. The summed E-state index contributed by atoms with van der Waals surface area (Å²) in [5, 5.41) is 1.82. The van der Waals surface area contributed by atoms with Crippen molar-refractivity contribution in [3.8, 4) is 11.5 Å². The number of hydrogen-bond acceptors (Lipinski definition) is 4. The number of ether oxygens (including phenoxy) is 2. The minimum absolute atomic E-state index is 0.320. The molecule has 0 unspecified atom stereocenters. The fourth-order valence-corrected chi connectivity index (χ4v) is 2.45. The zero-order chi connectivity index (χ0) is 16.9. The smallest absolute Gasteiger partial charge is 0.248 e. The van der Waals surface area contributed by atoms with E-state index >= 15 is 0 Å². The van der Waals surface area contributed by atoms with Crippen LogP contribution in [-0.4, -0.2) is 19.1 Å². The Labute approximate surface area is 139 Å². The largest absolute Gasteiger partial charge is 0.489 e. The number of anilines is 1. The lowest BCUT2D eigenvalue weighted by Crippen LogP contribution is -2.13. The van der Waals surface area contributed by atoms with Crippen LogP contribution in [0.3, 0.4) is 0 Å². The molecule has 5 nitrogen and oxygen atoms in total. The summed E-state index contributed by atoms with van der Waals surface area (Å²) in [6.45, 7) is 0.657. The number of hydrogen-bond donors (Lipinski definition) is 2. The first kappa shape index (κ1) is 15.7. The van der Waals surface area contributed by atoms with Gasteiger partial charge in [-0.1, -0.05) is 36.4 Å². The fraction of sp³-hybridized carbons (Fsp3) is 0.105. The zero-order valence-corrected chi connectivity index (χ0v) is 13.1. The molecular formula is C19H18N2O3. The topological polar surface area (TPSA) is 87.6 Å². The van der Waals surface area contributed by atoms with Crippen LogP contribution >= 0.6 is 0 Å². The summed E-state index contributed by atoms with van der Waals surface area (Å²) in [7, 11) is 0. The Morgan fingerprint density at radius 3 is 2.29 bits per heavy atom. The van der Waals surface area contributed by atoms with Crippen LogP contribution in [0, 0.1) is 0 Å². The number of primary amides is 1. The minimum atomic E-state index is -0.487. The number of carbonyl (C=O) groups is 1. The third-order valence-electron chi connectivity index (χ3n) is 3.63. The molecule has 0 aliphatic heterocycles. The third-order valence-corrected chi connectivity index (χ3v) is 3.63. The van der Waals surface area contributed by atoms with E-state index < -0.39 is 5.91 Å². The quantitative estimate of drug-likeness (QED) is 0.539. The van der Waals surface area contributed by atoms with Crippen LogP contribution in [0.2, 0.25) is 0 Å². The molecule has 0 bridgehead atoms. The van der Waals surface area contributed by atoms with E-state index in [4.69, 9.17) is 20.9 Å². The van der Waals surface area contributed by atoms with E-state index in [1.807, 2.05) is 36.4 Å². The van der Waals surface area contributed by atoms with E-state index in [1.165, 1.54) is 0 Å². The number of amides is 1. The monoisotopic (exact) mass is 322 g/mol. The molecule has 0 aliphatic rings. The van der Waals surface area contributed by atoms with Crippen molar-refractivity contribution >= 4 is 22.4 Å². The first-order chi connectivity index (χ1) is 11.6. The Bertz CT molecular complexity index is 877. The molecule has 0 atom stereocenters. The van der Waals surface area contributed by atoms with Crippen molar-refractivity contribution in [3.05, 3.63) is 66.2 Å². The molecule has 3 aromatic carbocycles. The molecule has 0 aromatic heterocycles. The van der Waals surface area contributed by atoms with Crippen molar-refractivity contribution in [2.75, 3.05) is 18.9 Å². The Morgan fingerprint density at radius 1 is 0.875 bits per heavy atom. The number of benzene rings is 3. The molecule has 0 fully saturated rings. The lowest BCUT2D eigenvalue weighted by atomic mass is 10.1. The second kappa shape index (κ2) is 6.91. The summed E-state index contributed by atoms with van der Waals surface area (Å²) in [5.41, 5.74) is 12.2. The summed E-state index contributed by atoms with van der Waals surface area (Å²) < 4.78 is 11.4. The first-order valence-electron chi connectivity index (χ1n) is 7.58. The van der Waals surface area contributed by atoms with Gasteiger partial charge in [0.25, 0.3) is 0 Å². The molecule has 0 saturated heterocycles. The predicted octanol–water partition coefficient (Wildman–Crippen LogP) is 2.98. The average molecular weight is 322 g/mol. The highest BCUT2D eigenvalue weighted by molar-refractivity contribution is 6.00. The minimum Gasteiger partial charge on any atom is -0.489 e. The van der Waals surface area contributed by atoms with Crippen LogP contribution in [0.5, 0.6) is 11.5 Å². The van der Waals surface area contributed by atoms with E-state index in [0.29, 0.717) is 36.0 Å². The zero-order valence-electron chi connectivity index (χ0n) is 13.1. The van der Waals surface area contributed by atoms with E-state index in [1.54, 1.807) is 24.3 Å². The van der Waals surface area contributed by atoms with Crippen molar-refractivity contribution in [2.45, 2.75) is 0 Å². The van der Waals surface area contributed by atoms with Crippen LogP contribution in [0.1, 0.15) is 10.4 Å². The van der Waals surface area contributed by atoms with Gasteiger partial charge in [-0.25, -0.2) is 0 Å². The number of para-hydroxylation sites is 2. The van der Waals surface area contributed by atoms with Gasteiger partial charge in [0, 0.05) is 10.9 Å². The molecular weight excluding hydrogens is 304 g/mol. The van der Waals surface area contributed by atoms with Gasteiger partial charge >= 0.3 is 0 Å². The fourth-order valence-electron chi connectivity index (χ4n) is 2.45. The van der Waals surface area contributed by atoms with Crippen LogP contribution < -0.4 is 20.9 Å². The first-order valence-corrected chi connectivity index (χ1v) is 7.58. The molecule has 0 aliphatic carbocycles. The predicted molar refractivity (Wildman–Crippen MR) is 94.3 cm³/mol. The number of nitrogen functional groups attached to an aromatic ring is 1. The maximum Gasteiger partial charge on any atom is 0.248 e. The van der Waals surface area contributed by atoms with Crippen LogP contribution in [0.25, 0.3) is 10.8 Å². The number of fused-ring (bicyclic) bond motifs is 1. The van der Waals surface area contributed by atoms with Crippen molar-refractivity contribution in [3.63, 3.8) is 0 Å². The van der Waals surface area contributed by atoms with E-state index in [0.717, 1.165) is 10.8 Å². The molecule has 0 saturated carbocycles. The number of carbonyl (C=O) groups excluding carboxylic acids is 1. The Hall–Kier alpha value is -3.21. The van der Waals surface area contributed by atoms with Crippen molar-refractivity contribution < 1.29 is 14.3 Å². The Morgan fingerprint density at radius 2 is 1.54 bits per heavy atom. The molecule has 0 spiro atoms. The van der Waals surface area contributed by atoms with E-state index in [9.17, 15) is 4.79 Å². The summed E-state index contributed by atoms with van der Waals surface area (Å²) in [5.74, 6) is 0.738. The molecule has 0 heterocycles. The highest BCUT2D eigenvalue weighted by Crippen LogP contribution is 2.27. The number of nitrogens with two attached hydrogens (primary N) is 2. The third kappa shape index (κ3) is 3.41. The van der Waals surface area contributed by atoms with Gasteiger partial charge in [0.2, 0.25) is 5.91 Å². The highest BCUT2D eigenvalue weighted by atomic mass is 16.5. The van der Waals surface area contributed by atoms with Gasteiger partial charge in [-0.05, 0) is 29.7 Å². The lowest BCUT2D eigenvalue weighted by molar-refractivity contribution is 0.1000. The van der Waals surface area contributed by atoms with Gasteiger partial charge in [-0.15, -0.1) is 0 Å². The van der Waals surface area contributed by atoms with E-state index in [-0.39, 0.29) is 0 Å². The normalized spacial score (nSPS) is 10.5. The second-order valence-corrected chi connectivity index (χ2v) is 5.29. The molecule has 4 N–H and O–H groups in total. The van der Waals surface area contributed by atoms with Crippen LogP contribution in [0.15, 0.2) is 60.7 Å². The van der Waals surface area contributed by atoms with Crippen molar-refractivity contribution in [2.24, 2.45) is 5.73 Å². The van der Waals surface area contributed by atoms with Gasteiger partial charge in [0.05, 0.1) is 5.69 Å². The van der Waals surface area contributed by atoms with E-state index in [2.05, 4.69) is 0 Å². The van der Waals surface area contributed by atoms with Crippen LogP contribution in [-0.2, 0) is 0 Å². The van der Waals surface area contributed by atoms with Gasteiger partial charge in [0.15, 0.2) is 0 Å². The van der Waals surface area contributed by atoms with Crippen LogP contribution in [0.4, 0.5) is 5.69 Å². The summed E-state index contributed by atoms with van der Waals surface area (Å²) >= 11 is 0. The molecule has 1 amide bonds. The highest BCUT2D eigenvalue weighted by Gasteiger charge is 2.09. The number of rotatable bonds is 6. The SMILES string of the molecule is NC(=O)c1cc(OCCOc2ccccc2N)c2ccccc2c1. The summed E-state index contributed by atoms with van der Waals surface area (Å²) in [4.78, 5) is 11.5. The molecule has 122 valence electrons. The molecule has 24 heavy (non-hydrogen) atoms. The Balaban J connectivity index is 1.72. The van der Waals surface area contributed by atoms with Crippen molar-refractivity contribution in [1.29, 1.82) is 0 Å². The standard InChI is InChI=1S/C19H18N2O3/c20-16-7-3-4-8-17(16)23-9-10-24-18-12-14(19(21)22)11-13-5-1-2-6-15(13)18/h1-8,11-12H,9-10,20H2,(H2,21,22). The average Bonchev–Trinajstić information content (AvgIpc) is 2.59. The second-order valence-electron chi connectivity index (χ2n) is 5.29. The lowest BCUT2D eigenvalue weighted by Gasteiger charge is -2.12. The molecule has 0 radical (unpaired) electrons. The van der Waals surface area contributed by atoms with Gasteiger partial charge in [-0.3, -0.25) is 4.79 Å². The summed E-state index contributed by atoms with van der Waals surface area (Å²) in [6, 6.07) is 18.4.